The number of nitrogens with zero attached hydrogens (tertiary/aromatic N) is 4. The van der Waals surface area contributed by atoms with Crippen LogP contribution in [0.1, 0.15) is 34.7 Å². The zero-order valence-electron chi connectivity index (χ0n) is 32.7. The van der Waals surface area contributed by atoms with Crippen molar-refractivity contribution in [1.82, 2.24) is 15.0 Å². The minimum Gasteiger partial charge on any atom is -0.260 e. The van der Waals surface area contributed by atoms with Gasteiger partial charge in [-0.15, -0.1) is 0 Å². The van der Waals surface area contributed by atoms with E-state index in [4.69, 9.17) is 15.0 Å². The zero-order valence-corrected chi connectivity index (χ0v) is 32.7. The Hall–Kier alpha value is -7.82. The lowest BCUT2D eigenvalue weighted by atomic mass is 9.85. The Balaban J connectivity index is 1.18. The summed E-state index contributed by atoms with van der Waals surface area (Å²) < 4.78 is 0. The fourth-order valence-electron chi connectivity index (χ4n) is 7.63. The van der Waals surface area contributed by atoms with E-state index in [9.17, 15) is 0 Å². The van der Waals surface area contributed by atoms with Crippen LogP contribution in [0.5, 0.6) is 0 Å². The normalized spacial score (nSPS) is 11.1. The molecule has 0 saturated heterocycles. The minimum absolute atomic E-state index is 0.598. The largest absolute Gasteiger partial charge is 0.260 e. The lowest BCUT2D eigenvalue weighted by Gasteiger charge is -2.18. The van der Waals surface area contributed by atoms with Gasteiger partial charge in [-0.25, -0.2) is 15.0 Å². The van der Waals surface area contributed by atoms with Gasteiger partial charge >= 0.3 is 0 Å². The van der Waals surface area contributed by atoms with E-state index in [1.165, 1.54) is 5.57 Å². The van der Waals surface area contributed by atoms with Crippen LogP contribution in [0.3, 0.4) is 0 Å². The van der Waals surface area contributed by atoms with E-state index in [0.29, 0.717) is 17.5 Å². The first-order chi connectivity index (χ1) is 29.2. The van der Waals surface area contributed by atoms with Gasteiger partial charge in [0.05, 0.1) is 5.69 Å². The molecule has 4 heteroatoms. The first kappa shape index (κ1) is 36.8. The maximum absolute atomic E-state index is 5.13. The van der Waals surface area contributed by atoms with Gasteiger partial charge in [0.2, 0.25) is 0 Å². The molecule has 9 aromatic rings. The number of para-hydroxylation sites is 1. The number of hydrogen-bond acceptors (Lipinski definition) is 4. The van der Waals surface area contributed by atoms with Crippen LogP contribution in [-0.2, 0) is 0 Å². The number of benzene rings is 8. The van der Waals surface area contributed by atoms with E-state index in [2.05, 4.69) is 200 Å². The Morgan fingerprint density at radius 3 is 1.39 bits per heavy atom. The fraction of sp³-hybridized carbons (Fsp3) is 0.0182. The van der Waals surface area contributed by atoms with E-state index < -0.39 is 0 Å². The van der Waals surface area contributed by atoms with Crippen molar-refractivity contribution in [2.45, 2.75) is 6.92 Å². The zero-order chi connectivity index (χ0) is 40.0. The predicted molar refractivity (Wildman–Crippen MR) is 247 cm³/mol. The summed E-state index contributed by atoms with van der Waals surface area (Å²) in [4.78, 5) is 20.0. The Morgan fingerprint density at radius 1 is 0.424 bits per heavy atom. The molecular weight excluding hydrogens is 717 g/mol. The third-order valence-electron chi connectivity index (χ3n) is 10.5. The summed E-state index contributed by atoms with van der Waals surface area (Å²) in [7, 11) is 0. The molecule has 8 aromatic carbocycles. The molecule has 1 aromatic heterocycles. The number of rotatable bonds is 10. The first-order valence-electron chi connectivity index (χ1n) is 19.8. The highest BCUT2D eigenvalue weighted by Gasteiger charge is 2.18. The van der Waals surface area contributed by atoms with Crippen molar-refractivity contribution in [2.24, 2.45) is 4.99 Å². The van der Waals surface area contributed by atoms with E-state index in [0.717, 1.165) is 77.7 Å². The molecule has 0 unspecified atom stereocenters. The van der Waals surface area contributed by atoms with Crippen LogP contribution in [-0.4, -0.2) is 21.2 Å². The monoisotopic (exact) mass is 756 g/mol. The standard InChI is InChI=1S/C55H40N4/c1-3-38-25-16-26-49(52(38)56-4-2)40-28-32-45(33-29-40)53-57-54(59-55(58-53)48-36-27-39-17-14-15-24-47(39)37-48)46-34-30-44(31-35-46)51(43-22-12-7-13-23-43)50(41-18-8-5-9-19-41)42-20-10-6-11-21-42/h3-37H,1H2,2H3/b56-4-. The SMILES string of the molecule is C=Cc1cccc(-c2ccc(-c3nc(-c4ccc(C(=C(c5ccccc5)c5ccccc5)c5ccccc5)cc4)nc(-c4ccc5ccccc5c4)n3)cc2)c1/N=C\C. The molecule has 59 heavy (non-hydrogen) atoms. The highest BCUT2D eigenvalue weighted by atomic mass is 15.0. The van der Waals surface area contributed by atoms with Gasteiger partial charge in [-0.2, -0.15) is 0 Å². The molecule has 0 amide bonds. The summed E-state index contributed by atoms with van der Waals surface area (Å²) in [6.45, 7) is 5.93. The van der Waals surface area contributed by atoms with Crippen molar-refractivity contribution in [2.75, 3.05) is 0 Å². The van der Waals surface area contributed by atoms with Crippen LogP contribution in [0.4, 0.5) is 5.69 Å². The van der Waals surface area contributed by atoms with Crippen LogP contribution < -0.4 is 0 Å². The molecule has 0 bridgehead atoms. The highest BCUT2D eigenvalue weighted by molar-refractivity contribution is 6.04. The van der Waals surface area contributed by atoms with Crippen LogP contribution in [0.15, 0.2) is 212 Å². The average molecular weight is 757 g/mol. The third-order valence-corrected chi connectivity index (χ3v) is 10.5. The number of aliphatic imine (C=N–C) groups is 1. The molecular formula is C55H40N4. The maximum Gasteiger partial charge on any atom is 0.164 e. The molecule has 0 N–H and O–H groups in total. The molecule has 0 aliphatic heterocycles. The van der Waals surface area contributed by atoms with Gasteiger partial charge < -0.3 is 0 Å². The van der Waals surface area contributed by atoms with Crippen molar-refractivity contribution >= 4 is 39.9 Å². The maximum atomic E-state index is 5.13. The highest BCUT2D eigenvalue weighted by Crippen LogP contribution is 2.38. The second-order valence-electron chi connectivity index (χ2n) is 14.2. The van der Waals surface area contributed by atoms with Crippen molar-refractivity contribution in [3.05, 3.63) is 235 Å². The second-order valence-corrected chi connectivity index (χ2v) is 14.2. The lowest BCUT2D eigenvalue weighted by Crippen LogP contribution is -2.01. The molecule has 0 aliphatic carbocycles. The number of aromatic nitrogens is 3. The molecule has 0 saturated carbocycles. The van der Waals surface area contributed by atoms with Gasteiger partial charge in [-0.1, -0.05) is 207 Å². The van der Waals surface area contributed by atoms with Crippen molar-refractivity contribution in [1.29, 1.82) is 0 Å². The summed E-state index contributed by atoms with van der Waals surface area (Å²) in [5.41, 5.74) is 13.5. The summed E-state index contributed by atoms with van der Waals surface area (Å²) in [6, 6.07) is 69.7. The fourth-order valence-corrected chi connectivity index (χ4v) is 7.63. The molecule has 0 radical (unpaired) electrons. The molecule has 1 heterocycles. The van der Waals surface area contributed by atoms with Gasteiger partial charge in [0.25, 0.3) is 0 Å². The van der Waals surface area contributed by atoms with Crippen molar-refractivity contribution < 1.29 is 0 Å². The van der Waals surface area contributed by atoms with Crippen molar-refractivity contribution in [3.8, 4) is 45.3 Å². The Morgan fingerprint density at radius 2 is 0.864 bits per heavy atom. The third kappa shape index (κ3) is 7.68. The Bertz CT molecular complexity index is 2930. The molecule has 0 aliphatic rings. The van der Waals surface area contributed by atoms with E-state index in [1.807, 2.05) is 31.3 Å². The van der Waals surface area contributed by atoms with Gasteiger partial charge in [0.1, 0.15) is 0 Å². The van der Waals surface area contributed by atoms with Crippen molar-refractivity contribution in [3.63, 3.8) is 0 Å². The number of hydrogen-bond donors (Lipinski definition) is 0. The van der Waals surface area contributed by atoms with E-state index in [-0.39, 0.29) is 0 Å². The lowest BCUT2D eigenvalue weighted by molar-refractivity contribution is 1.07. The molecule has 0 fully saturated rings. The first-order valence-corrected chi connectivity index (χ1v) is 19.8. The van der Waals surface area contributed by atoms with Crippen LogP contribution in [0.2, 0.25) is 0 Å². The van der Waals surface area contributed by atoms with Crippen LogP contribution in [0.25, 0.3) is 73.3 Å². The summed E-state index contributed by atoms with van der Waals surface area (Å²) in [5.74, 6) is 1.81. The minimum atomic E-state index is 0.598. The molecule has 0 atom stereocenters. The van der Waals surface area contributed by atoms with E-state index in [1.54, 1.807) is 0 Å². The smallest absolute Gasteiger partial charge is 0.164 e. The quantitative estimate of drug-likeness (QED) is 0.103. The van der Waals surface area contributed by atoms with Gasteiger partial charge in [-0.05, 0) is 62.7 Å². The molecule has 9 rings (SSSR count). The molecule has 0 spiro atoms. The molecule has 4 nitrogen and oxygen atoms in total. The van der Waals surface area contributed by atoms with Gasteiger partial charge in [-0.3, -0.25) is 4.99 Å². The summed E-state index contributed by atoms with van der Waals surface area (Å²) in [6.07, 6.45) is 3.66. The Kier molecular flexibility index (Phi) is 10.4. The average Bonchev–Trinajstić information content (AvgIpc) is 3.31. The van der Waals surface area contributed by atoms with Crippen LogP contribution >= 0.6 is 0 Å². The van der Waals surface area contributed by atoms with Crippen LogP contribution in [0, 0.1) is 0 Å². The second kappa shape index (κ2) is 16.7. The van der Waals surface area contributed by atoms with Gasteiger partial charge in [0, 0.05) is 34.0 Å². The molecule has 280 valence electrons. The summed E-state index contributed by atoms with van der Waals surface area (Å²) in [5, 5.41) is 2.29. The van der Waals surface area contributed by atoms with Gasteiger partial charge in [0.15, 0.2) is 17.5 Å². The number of fused-ring (bicyclic) bond motifs is 1. The van der Waals surface area contributed by atoms with E-state index >= 15 is 0 Å². The summed E-state index contributed by atoms with van der Waals surface area (Å²) >= 11 is 0. The predicted octanol–water partition coefficient (Wildman–Crippen LogP) is 14.1. The Labute approximate surface area is 345 Å². The topological polar surface area (TPSA) is 51.0 Å².